The van der Waals surface area contributed by atoms with Crippen LogP contribution in [0.3, 0.4) is 0 Å². The SMILES string of the molecule is c1ccc(-c2ccc3cc4c(cc3c2)-c2cc3cccc(N(c5ccccc5)c5ccccc5)c3cc2-4)cc1. The minimum absolute atomic E-state index is 1.15. The van der Waals surface area contributed by atoms with Gasteiger partial charge >= 0.3 is 0 Å². The summed E-state index contributed by atoms with van der Waals surface area (Å²) < 4.78 is 0. The first-order valence-corrected chi connectivity index (χ1v) is 13.4. The third-order valence-electron chi connectivity index (χ3n) is 7.93. The summed E-state index contributed by atoms with van der Waals surface area (Å²) in [4.78, 5) is 2.36. The van der Waals surface area contributed by atoms with Crippen LogP contribution in [0.25, 0.3) is 54.9 Å². The largest absolute Gasteiger partial charge is 0.310 e. The minimum atomic E-state index is 1.15. The van der Waals surface area contributed by atoms with E-state index < -0.39 is 0 Å². The van der Waals surface area contributed by atoms with Crippen molar-refractivity contribution in [2.24, 2.45) is 0 Å². The van der Waals surface area contributed by atoms with Gasteiger partial charge in [-0.1, -0.05) is 91.0 Å². The summed E-state index contributed by atoms with van der Waals surface area (Å²) in [6.07, 6.45) is 0. The van der Waals surface area contributed by atoms with E-state index in [1.807, 2.05) is 0 Å². The van der Waals surface area contributed by atoms with Gasteiger partial charge in [0, 0.05) is 16.8 Å². The molecule has 182 valence electrons. The van der Waals surface area contributed by atoms with Crippen molar-refractivity contribution in [1.82, 2.24) is 0 Å². The summed E-state index contributed by atoms with van der Waals surface area (Å²) >= 11 is 0. The van der Waals surface area contributed by atoms with Crippen LogP contribution in [0.2, 0.25) is 0 Å². The number of nitrogens with zero attached hydrogens (tertiary/aromatic N) is 1. The maximum atomic E-state index is 2.39. The Morgan fingerprint density at radius 1 is 0.333 bits per heavy atom. The molecule has 0 atom stereocenters. The second-order valence-electron chi connectivity index (χ2n) is 10.2. The molecule has 0 aromatic heterocycles. The lowest BCUT2D eigenvalue weighted by Gasteiger charge is -2.29. The molecular formula is C38H25N. The van der Waals surface area contributed by atoms with Gasteiger partial charge < -0.3 is 4.90 Å². The zero-order valence-electron chi connectivity index (χ0n) is 21.4. The molecule has 0 radical (unpaired) electrons. The standard InChI is InChI=1S/C38H25N/c1-4-11-26(12-5-1)27-19-20-28-22-34-36(24-30(28)21-27)35-23-29-13-10-18-38(33(29)25-37(34)35)39(31-14-6-2-7-15-31)32-16-8-3-9-17-32/h1-25H. The fraction of sp³-hybridized carbons (Fsp3) is 0. The van der Waals surface area contributed by atoms with Crippen LogP contribution in [0.15, 0.2) is 152 Å². The molecule has 0 amide bonds. The summed E-state index contributed by atoms with van der Waals surface area (Å²) in [6, 6.07) is 54.9. The Hall–Kier alpha value is -5.14. The van der Waals surface area contributed by atoms with Crippen LogP contribution in [-0.2, 0) is 0 Å². The number of benzene rings is 7. The highest BCUT2D eigenvalue weighted by Gasteiger charge is 2.25. The lowest BCUT2D eigenvalue weighted by atomic mass is 9.77. The molecule has 0 aliphatic heterocycles. The van der Waals surface area contributed by atoms with Gasteiger partial charge in [-0.3, -0.25) is 0 Å². The molecule has 7 aromatic rings. The van der Waals surface area contributed by atoms with Gasteiger partial charge in [0.05, 0.1) is 5.69 Å². The van der Waals surface area contributed by atoms with Crippen molar-refractivity contribution < 1.29 is 0 Å². The van der Waals surface area contributed by atoms with E-state index in [4.69, 9.17) is 0 Å². The van der Waals surface area contributed by atoms with Gasteiger partial charge in [0.15, 0.2) is 0 Å². The second kappa shape index (κ2) is 8.72. The van der Waals surface area contributed by atoms with Crippen molar-refractivity contribution in [3.05, 3.63) is 152 Å². The van der Waals surface area contributed by atoms with Gasteiger partial charge in [-0.25, -0.2) is 0 Å². The monoisotopic (exact) mass is 495 g/mol. The molecule has 1 aliphatic rings. The average Bonchev–Trinajstić information content (AvgIpc) is 3.01. The Bertz CT molecular complexity index is 1950. The van der Waals surface area contributed by atoms with Gasteiger partial charge in [-0.05, 0) is 110 Å². The highest BCUT2D eigenvalue weighted by molar-refractivity contribution is 6.14. The van der Waals surface area contributed by atoms with Gasteiger partial charge in [0.1, 0.15) is 0 Å². The van der Waals surface area contributed by atoms with Crippen LogP contribution >= 0.6 is 0 Å². The third-order valence-corrected chi connectivity index (χ3v) is 7.93. The van der Waals surface area contributed by atoms with E-state index in [-0.39, 0.29) is 0 Å². The van der Waals surface area contributed by atoms with Crippen molar-refractivity contribution in [3.8, 4) is 33.4 Å². The number of para-hydroxylation sites is 2. The summed E-state index contributed by atoms with van der Waals surface area (Å²) in [5.74, 6) is 0. The van der Waals surface area contributed by atoms with Crippen LogP contribution in [0.1, 0.15) is 0 Å². The lowest BCUT2D eigenvalue weighted by Crippen LogP contribution is -2.10. The molecule has 0 spiro atoms. The highest BCUT2D eigenvalue weighted by atomic mass is 15.1. The van der Waals surface area contributed by atoms with Crippen molar-refractivity contribution in [1.29, 1.82) is 0 Å². The quantitative estimate of drug-likeness (QED) is 0.235. The molecule has 1 aliphatic carbocycles. The van der Waals surface area contributed by atoms with Crippen LogP contribution in [0, 0.1) is 0 Å². The van der Waals surface area contributed by atoms with E-state index in [0.717, 1.165) is 11.4 Å². The van der Waals surface area contributed by atoms with Crippen molar-refractivity contribution in [3.63, 3.8) is 0 Å². The van der Waals surface area contributed by atoms with E-state index >= 15 is 0 Å². The fourth-order valence-corrected chi connectivity index (χ4v) is 6.02. The van der Waals surface area contributed by atoms with Gasteiger partial charge in [-0.2, -0.15) is 0 Å². The lowest BCUT2D eigenvalue weighted by molar-refractivity contribution is 1.30. The predicted molar refractivity (Wildman–Crippen MR) is 166 cm³/mol. The molecule has 8 rings (SSSR count). The Kier molecular flexibility index (Phi) is 4.89. The summed E-state index contributed by atoms with van der Waals surface area (Å²) in [7, 11) is 0. The molecule has 0 heterocycles. The number of hydrogen-bond acceptors (Lipinski definition) is 1. The maximum absolute atomic E-state index is 2.39. The molecule has 7 aromatic carbocycles. The Balaban J connectivity index is 1.28. The molecule has 0 saturated heterocycles. The molecule has 0 fully saturated rings. The molecule has 1 heteroatoms. The Morgan fingerprint density at radius 2 is 0.897 bits per heavy atom. The average molecular weight is 496 g/mol. The zero-order valence-corrected chi connectivity index (χ0v) is 21.4. The Labute approximate surface area is 228 Å². The second-order valence-corrected chi connectivity index (χ2v) is 10.2. The molecule has 0 N–H and O–H groups in total. The summed E-state index contributed by atoms with van der Waals surface area (Å²) in [6.45, 7) is 0. The number of fused-ring (bicyclic) bond motifs is 6. The minimum Gasteiger partial charge on any atom is -0.310 e. The fourth-order valence-electron chi connectivity index (χ4n) is 6.02. The first-order chi connectivity index (χ1) is 19.3. The number of hydrogen-bond donors (Lipinski definition) is 0. The van der Waals surface area contributed by atoms with Gasteiger partial charge in [-0.15, -0.1) is 0 Å². The zero-order chi connectivity index (χ0) is 25.8. The van der Waals surface area contributed by atoms with Crippen molar-refractivity contribution in [2.75, 3.05) is 4.90 Å². The molecule has 39 heavy (non-hydrogen) atoms. The van der Waals surface area contributed by atoms with Crippen molar-refractivity contribution >= 4 is 38.6 Å². The van der Waals surface area contributed by atoms with Crippen LogP contribution in [0.5, 0.6) is 0 Å². The Morgan fingerprint density at radius 3 is 1.56 bits per heavy atom. The molecular weight excluding hydrogens is 470 g/mol. The van der Waals surface area contributed by atoms with Gasteiger partial charge in [0.25, 0.3) is 0 Å². The van der Waals surface area contributed by atoms with Gasteiger partial charge in [0.2, 0.25) is 0 Å². The van der Waals surface area contributed by atoms with Crippen molar-refractivity contribution in [2.45, 2.75) is 0 Å². The summed E-state index contributed by atoms with van der Waals surface area (Å²) in [5, 5.41) is 5.08. The maximum Gasteiger partial charge on any atom is 0.0540 e. The van der Waals surface area contributed by atoms with E-state index in [2.05, 4.69) is 157 Å². The van der Waals surface area contributed by atoms with E-state index in [9.17, 15) is 0 Å². The number of rotatable bonds is 4. The van der Waals surface area contributed by atoms with E-state index in [1.54, 1.807) is 0 Å². The summed E-state index contributed by atoms with van der Waals surface area (Å²) in [5.41, 5.74) is 11.4. The molecule has 1 nitrogen and oxygen atoms in total. The first-order valence-electron chi connectivity index (χ1n) is 13.4. The van der Waals surface area contributed by atoms with Crippen LogP contribution in [-0.4, -0.2) is 0 Å². The molecule has 0 unspecified atom stereocenters. The smallest absolute Gasteiger partial charge is 0.0540 e. The predicted octanol–water partition coefficient (Wildman–Crippen LogP) is 10.8. The van der Waals surface area contributed by atoms with Crippen LogP contribution < -0.4 is 4.90 Å². The topological polar surface area (TPSA) is 3.24 Å². The van der Waals surface area contributed by atoms with E-state index in [0.29, 0.717) is 0 Å². The third kappa shape index (κ3) is 3.55. The molecule has 0 saturated carbocycles. The first kappa shape index (κ1) is 21.9. The number of anilines is 3. The van der Waals surface area contributed by atoms with Crippen LogP contribution in [0.4, 0.5) is 17.1 Å². The molecule has 0 bridgehead atoms. The van der Waals surface area contributed by atoms with E-state index in [1.165, 1.54) is 60.6 Å². The normalized spacial score (nSPS) is 11.6. The highest BCUT2D eigenvalue weighted by Crippen LogP contribution is 2.52.